The summed E-state index contributed by atoms with van der Waals surface area (Å²) in [6.45, 7) is 4.31. The van der Waals surface area contributed by atoms with Gasteiger partial charge in [0, 0.05) is 12.1 Å². The van der Waals surface area contributed by atoms with Crippen molar-refractivity contribution in [2.24, 2.45) is 0 Å². The maximum Gasteiger partial charge on any atom is 0.864 e. The lowest BCUT2D eigenvalue weighted by Crippen LogP contribution is -2.48. The van der Waals surface area contributed by atoms with Gasteiger partial charge in [0.15, 0.2) is 52.2 Å². The Balaban J connectivity index is 1.98. The SMILES string of the molecule is CCCCCCCCCCCC[N+](C)(CCCCCCCCCCCC)c1c(F)c(F)c(F)c(OB(Oc2c(F)cc(F)c(F)c2F)Oc2c(F)cc(F)c(F)c2F)c1F. The summed E-state index contributed by atoms with van der Waals surface area (Å²) >= 11 is 0. The molecule has 0 amide bonds. The second-order valence-corrected chi connectivity index (χ2v) is 15.4. The summed E-state index contributed by atoms with van der Waals surface area (Å²) in [5.41, 5.74) is -1.04. The zero-order chi connectivity index (χ0) is 44.4. The van der Waals surface area contributed by atoms with E-state index in [9.17, 15) is 35.1 Å². The summed E-state index contributed by atoms with van der Waals surface area (Å²) in [6.07, 6.45) is 18.8. The summed E-state index contributed by atoms with van der Waals surface area (Å²) in [4.78, 5) is 0. The molecule has 0 aliphatic heterocycles. The van der Waals surface area contributed by atoms with E-state index in [1.165, 1.54) is 7.05 Å². The van der Waals surface area contributed by atoms with Crippen LogP contribution in [0, 0.1) is 69.8 Å². The van der Waals surface area contributed by atoms with Gasteiger partial charge in [-0.05, 0) is 25.7 Å². The van der Waals surface area contributed by atoms with Gasteiger partial charge in [0.1, 0.15) is 0 Å². The van der Waals surface area contributed by atoms with Gasteiger partial charge < -0.3 is 14.0 Å². The summed E-state index contributed by atoms with van der Waals surface area (Å²) < 4.78 is 191. The predicted molar refractivity (Wildman–Crippen MR) is 208 cm³/mol. The van der Waals surface area contributed by atoms with Gasteiger partial charge in [-0.15, -0.1) is 0 Å². The first kappa shape index (κ1) is 50.6. The fourth-order valence-electron chi connectivity index (χ4n) is 7.09. The Morgan fingerprint density at radius 3 is 1.05 bits per heavy atom. The normalized spacial score (nSPS) is 11.7. The number of unbranched alkanes of at least 4 members (excludes halogenated alkanes) is 18. The lowest BCUT2D eigenvalue weighted by Gasteiger charge is -2.35. The van der Waals surface area contributed by atoms with Crippen LogP contribution in [-0.2, 0) is 0 Å². The molecule has 0 atom stereocenters. The zero-order valence-corrected chi connectivity index (χ0v) is 34.5. The van der Waals surface area contributed by atoms with Crippen LogP contribution >= 0.6 is 0 Å². The zero-order valence-electron chi connectivity index (χ0n) is 34.5. The molecule has 0 bridgehead atoms. The number of nitrogens with zero attached hydrogens (tertiary/aromatic N) is 1. The molecule has 0 aliphatic carbocycles. The standard InChI is InChI=1S/C43H55BF12NO3/c1-4-6-8-10-12-14-16-18-20-22-24-57(3,25-23-21-19-17-15-13-11-9-7-5-2)40-35(52)34(51)38(55)43(39(40)56)60-44(58-41-30(47)26-28(45)32(49)36(41)53)59-42-31(48)27-29(46)33(50)37(42)54/h26-27H,4-25H2,1-3H3/q+1. The van der Waals surface area contributed by atoms with Gasteiger partial charge in [-0.3, -0.25) is 4.48 Å². The highest BCUT2D eigenvalue weighted by atomic mass is 19.2. The van der Waals surface area contributed by atoms with Gasteiger partial charge in [0.2, 0.25) is 40.6 Å². The summed E-state index contributed by atoms with van der Waals surface area (Å²) in [5, 5.41) is 0. The number of quaternary nitrogens is 1. The first-order valence-electron chi connectivity index (χ1n) is 21.0. The highest BCUT2D eigenvalue weighted by Crippen LogP contribution is 2.40. The van der Waals surface area contributed by atoms with Crippen molar-refractivity contribution in [2.75, 3.05) is 20.1 Å². The number of rotatable bonds is 29. The smallest absolute Gasteiger partial charge is 0.484 e. The molecule has 0 N–H and O–H groups in total. The molecule has 0 spiro atoms. The van der Waals surface area contributed by atoms with Crippen LogP contribution in [-0.4, -0.2) is 27.5 Å². The fourth-order valence-corrected chi connectivity index (χ4v) is 7.09. The van der Waals surface area contributed by atoms with E-state index in [-0.39, 0.29) is 25.2 Å². The van der Waals surface area contributed by atoms with E-state index < -0.39 is 105 Å². The predicted octanol–water partition coefficient (Wildman–Crippen LogP) is 14.7. The van der Waals surface area contributed by atoms with Crippen molar-refractivity contribution in [3.8, 4) is 17.2 Å². The van der Waals surface area contributed by atoms with Gasteiger partial charge in [-0.1, -0.05) is 117 Å². The minimum Gasteiger partial charge on any atom is -0.484 e. The Labute approximate surface area is 345 Å². The lowest BCUT2D eigenvalue weighted by molar-refractivity contribution is 0.250. The summed E-state index contributed by atoms with van der Waals surface area (Å²) in [5.74, 6) is -32.1. The van der Waals surface area contributed by atoms with Crippen molar-refractivity contribution in [1.29, 1.82) is 0 Å². The van der Waals surface area contributed by atoms with Gasteiger partial charge >= 0.3 is 7.32 Å². The van der Waals surface area contributed by atoms with Gasteiger partial charge in [0.05, 0.1) is 20.1 Å². The first-order chi connectivity index (χ1) is 28.6. The summed E-state index contributed by atoms with van der Waals surface area (Å²) in [7, 11) is -1.88. The molecule has 17 heteroatoms. The van der Waals surface area contributed by atoms with Gasteiger partial charge in [-0.2, -0.15) is 22.0 Å². The Kier molecular flexibility index (Phi) is 21.3. The lowest BCUT2D eigenvalue weighted by atomic mass is 10.0. The topological polar surface area (TPSA) is 27.7 Å². The Hall–Kier alpha value is -3.76. The number of benzene rings is 3. The molecule has 3 aromatic rings. The number of hydrogen-bond acceptors (Lipinski definition) is 3. The average Bonchev–Trinajstić information content (AvgIpc) is 3.21. The van der Waals surface area contributed by atoms with E-state index in [0.29, 0.717) is 25.7 Å². The monoisotopic (exact) mass is 872 g/mol. The molecule has 0 aliphatic rings. The third kappa shape index (κ3) is 14.2. The van der Waals surface area contributed by atoms with Crippen LogP contribution in [0.2, 0.25) is 0 Å². The van der Waals surface area contributed by atoms with Crippen molar-refractivity contribution >= 4 is 13.0 Å². The van der Waals surface area contributed by atoms with Crippen LogP contribution in [0.1, 0.15) is 142 Å². The van der Waals surface area contributed by atoms with Crippen molar-refractivity contribution in [3.05, 3.63) is 81.9 Å². The largest absolute Gasteiger partial charge is 0.864 e. The molecule has 0 saturated heterocycles. The number of halogens is 12. The van der Waals surface area contributed by atoms with E-state index in [4.69, 9.17) is 4.65 Å². The molecule has 0 unspecified atom stereocenters. The third-order valence-corrected chi connectivity index (χ3v) is 10.5. The van der Waals surface area contributed by atoms with E-state index in [1.54, 1.807) is 0 Å². The minimum absolute atomic E-state index is 0.0271. The fraction of sp³-hybridized carbons (Fsp3) is 0.581. The Morgan fingerprint density at radius 2 is 0.683 bits per heavy atom. The molecule has 3 rings (SSSR count). The molecular formula is C43H55BF12NO3+. The quantitative estimate of drug-likeness (QED) is 0.0174. The number of hydrogen-bond donors (Lipinski definition) is 0. The van der Waals surface area contributed by atoms with Crippen LogP contribution in [0.4, 0.5) is 58.4 Å². The third-order valence-electron chi connectivity index (χ3n) is 10.5. The molecule has 3 aromatic carbocycles. The van der Waals surface area contributed by atoms with Crippen molar-refractivity contribution in [1.82, 2.24) is 4.48 Å². The van der Waals surface area contributed by atoms with E-state index >= 15 is 17.6 Å². The van der Waals surface area contributed by atoms with Gasteiger partial charge in [0.25, 0.3) is 0 Å². The van der Waals surface area contributed by atoms with Crippen LogP contribution in [0.3, 0.4) is 0 Å². The second-order valence-electron chi connectivity index (χ2n) is 15.4. The Bertz CT molecular complexity index is 1730. The Morgan fingerprint density at radius 1 is 0.367 bits per heavy atom. The molecule has 0 heterocycles. The highest BCUT2D eigenvalue weighted by molar-refractivity contribution is 6.39. The molecule has 0 radical (unpaired) electrons. The molecule has 0 saturated carbocycles. The molecule has 60 heavy (non-hydrogen) atoms. The van der Waals surface area contributed by atoms with Crippen molar-refractivity contribution in [3.63, 3.8) is 0 Å². The second kappa shape index (κ2) is 25.2. The van der Waals surface area contributed by atoms with E-state index in [2.05, 4.69) is 23.2 Å². The van der Waals surface area contributed by atoms with Crippen LogP contribution in [0.15, 0.2) is 12.1 Å². The average molecular weight is 873 g/mol. The maximum atomic E-state index is 16.7. The maximum absolute atomic E-state index is 16.7. The molecule has 0 fully saturated rings. The molecule has 4 nitrogen and oxygen atoms in total. The van der Waals surface area contributed by atoms with E-state index in [1.807, 2.05) is 0 Å². The molecule has 0 aromatic heterocycles. The van der Waals surface area contributed by atoms with Crippen LogP contribution < -0.4 is 18.4 Å². The molecule has 336 valence electrons. The van der Waals surface area contributed by atoms with Crippen LogP contribution in [0.5, 0.6) is 17.2 Å². The summed E-state index contributed by atoms with van der Waals surface area (Å²) in [6, 6.07) is -0.491. The van der Waals surface area contributed by atoms with Crippen molar-refractivity contribution < 1.29 is 66.6 Å². The first-order valence-corrected chi connectivity index (χ1v) is 21.0. The van der Waals surface area contributed by atoms with Crippen LogP contribution in [0.25, 0.3) is 0 Å². The van der Waals surface area contributed by atoms with Crippen molar-refractivity contribution in [2.45, 2.75) is 142 Å². The highest BCUT2D eigenvalue weighted by Gasteiger charge is 2.44. The van der Waals surface area contributed by atoms with Gasteiger partial charge in [-0.25, -0.2) is 30.7 Å². The minimum atomic E-state index is -3.28. The molecular weight excluding hydrogens is 817 g/mol. The van der Waals surface area contributed by atoms with E-state index in [0.717, 1.165) is 103 Å².